The topological polar surface area (TPSA) is 80.4 Å². The number of hydrogen-bond acceptors (Lipinski definition) is 5. The van der Waals surface area contributed by atoms with Crippen LogP contribution in [0.1, 0.15) is 31.9 Å². The lowest BCUT2D eigenvalue weighted by molar-refractivity contribution is 0.301. The van der Waals surface area contributed by atoms with E-state index < -0.39 is 13.1 Å². The van der Waals surface area contributed by atoms with E-state index in [1.165, 1.54) is 4.68 Å². The first kappa shape index (κ1) is 15.5. The van der Waals surface area contributed by atoms with E-state index in [1.54, 1.807) is 6.20 Å². The monoisotopic (exact) mass is 289 g/mol. The number of nitrogens with zero attached hydrogens (tertiary/aromatic N) is 3. The van der Waals surface area contributed by atoms with Crippen molar-refractivity contribution in [3.8, 4) is 5.75 Å². The Morgan fingerprint density at radius 2 is 1.95 bits per heavy atom. The Labute approximate surface area is 124 Å². The molecule has 0 radical (unpaired) electrons. The van der Waals surface area contributed by atoms with Crippen LogP contribution in [-0.4, -0.2) is 32.2 Å². The van der Waals surface area contributed by atoms with E-state index in [0.717, 1.165) is 5.75 Å². The zero-order valence-corrected chi connectivity index (χ0v) is 12.3. The highest BCUT2D eigenvalue weighted by molar-refractivity contribution is 6.42. The van der Waals surface area contributed by atoms with Crippen molar-refractivity contribution < 1.29 is 14.8 Å². The van der Waals surface area contributed by atoms with E-state index >= 15 is 0 Å². The van der Waals surface area contributed by atoms with Crippen molar-refractivity contribution in [1.82, 2.24) is 15.0 Å². The van der Waals surface area contributed by atoms with E-state index in [0.29, 0.717) is 24.6 Å². The number of hydrogen-bond donors (Lipinski definition) is 2. The van der Waals surface area contributed by atoms with E-state index in [4.69, 9.17) is 4.74 Å². The summed E-state index contributed by atoms with van der Waals surface area (Å²) >= 11 is 0. The molecule has 1 aromatic carbocycles. The van der Waals surface area contributed by atoms with Crippen LogP contribution in [0.25, 0.3) is 0 Å². The molecule has 112 valence electrons. The molecule has 1 atom stereocenters. The quantitative estimate of drug-likeness (QED) is 0.754. The molecule has 0 aliphatic carbocycles. The van der Waals surface area contributed by atoms with Gasteiger partial charge in [0.05, 0.1) is 12.1 Å². The summed E-state index contributed by atoms with van der Waals surface area (Å²) in [6.07, 6.45) is 2.30. The Morgan fingerprint density at radius 1 is 1.24 bits per heavy atom. The second-order valence-corrected chi connectivity index (χ2v) is 5.40. The maximum Gasteiger partial charge on any atom is 0.477 e. The maximum absolute atomic E-state index is 9.47. The van der Waals surface area contributed by atoms with Crippen molar-refractivity contribution in [1.29, 1.82) is 0 Å². The van der Waals surface area contributed by atoms with E-state index in [9.17, 15) is 10.0 Å². The molecule has 0 saturated heterocycles. The van der Waals surface area contributed by atoms with Gasteiger partial charge in [-0.25, -0.2) is 0 Å². The van der Waals surface area contributed by atoms with Crippen LogP contribution >= 0.6 is 0 Å². The predicted octanol–water partition coefficient (Wildman–Crippen LogP) is 1.46. The Hall–Kier alpha value is -1.86. The first-order valence-electron chi connectivity index (χ1n) is 7.01. The van der Waals surface area contributed by atoms with E-state index in [2.05, 4.69) is 10.3 Å². The van der Waals surface area contributed by atoms with Gasteiger partial charge < -0.3 is 14.8 Å². The van der Waals surface area contributed by atoms with Gasteiger partial charge in [0.2, 0.25) is 0 Å². The minimum atomic E-state index is -1.46. The predicted molar refractivity (Wildman–Crippen MR) is 79.5 cm³/mol. The van der Waals surface area contributed by atoms with Gasteiger partial charge in [0.15, 0.2) is 0 Å². The van der Waals surface area contributed by atoms with Crippen LogP contribution in [0.4, 0.5) is 0 Å². The van der Waals surface area contributed by atoms with Gasteiger partial charge >= 0.3 is 7.12 Å². The summed E-state index contributed by atoms with van der Waals surface area (Å²) in [5, 5.41) is 26.9. The molecule has 1 aromatic heterocycles. The molecule has 2 rings (SSSR count). The fourth-order valence-electron chi connectivity index (χ4n) is 2.06. The molecule has 2 N–H and O–H groups in total. The van der Waals surface area contributed by atoms with Gasteiger partial charge in [-0.3, -0.25) is 4.68 Å². The summed E-state index contributed by atoms with van der Waals surface area (Å²) in [7, 11) is -1.46. The van der Waals surface area contributed by atoms with Crippen molar-refractivity contribution in [3.63, 3.8) is 0 Å². The lowest BCUT2D eigenvalue weighted by Gasteiger charge is -2.17. The van der Waals surface area contributed by atoms with E-state index in [1.807, 2.05) is 44.2 Å². The molecule has 0 aliphatic rings. The molecule has 0 saturated carbocycles. The Morgan fingerprint density at radius 3 is 2.57 bits per heavy atom. The lowest BCUT2D eigenvalue weighted by Crippen LogP contribution is -2.30. The van der Waals surface area contributed by atoms with Crippen LogP contribution in [0.5, 0.6) is 5.75 Å². The second kappa shape index (κ2) is 7.24. The fourth-order valence-corrected chi connectivity index (χ4v) is 2.06. The number of ether oxygens (including phenoxy) is 1. The lowest BCUT2D eigenvalue weighted by atomic mass is 9.75. The van der Waals surface area contributed by atoms with Gasteiger partial charge in [0.25, 0.3) is 0 Å². The van der Waals surface area contributed by atoms with Crippen molar-refractivity contribution in [2.75, 3.05) is 0 Å². The normalized spacial score (nSPS) is 12.4. The van der Waals surface area contributed by atoms with Crippen LogP contribution in [-0.2, 0) is 6.61 Å². The van der Waals surface area contributed by atoms with Crippen molar-refractivity contribution in [2.24, 2.45) is 5.92 Å². The number of para-hydroxylation sites is 1. The van der Waals surface area contributed by atoms with Crippen LogP contribution in [0.2, 0.25) is 0 Å². The third-order valence-corrected chi connectivity index (χ3v) is 3.08. The highest BCUT2D eigenvalue weighted by atomic mass is 16.5. The Bertz CT molecular complexity index is 545. The average molecular weight is 289 g/mol. The minimum Gasteiger partial charge on any atom is -0.487 e. The van der Waals surface area contributed by atoms with Gasteiger partial charge in [-0.2, -0.15) is 0 Å². The molecule has 0 fully saturated rings. The summed E-state index contributed by atoms with van der Waals surface area (Å²) < 4.78 is 7.08. The zero-order chi connectivity index (χ0) is 15.2. The highest BCUT2D eigenvalue weighted by Gasteiger charge is 2.27. The SMILES string of the molecule is CC(C)CC(B(O)O)n1cc(COc2ccccc2)nn1. The van der Waals surface area contributed by atoms with E-state index in [-0.39, 0.29) is 0 Å². The molecule has 1 unspecified atom stereocenters. The van der Waals surface area contributed by atoms with Crippen LogP contribution in [0.15, 0.2) is 36.5 Å². The summed E-state index contributed by atoms with van der Waals surface area (Å²) in [4.78, 5) is 0. The summed E-state index contributed by atoms with van der Waals surface area (Å²) in [5.41, 5.74) is 0.647. The number of aromatic nitrogens is 3. The molecule has 0 bridgehead atoms. The van der Waals surface area contributed by atoms with Gasteiger partial charge in [0.1, 0.15) is 18.1 Å². The minimum absolute atomic E-state index is 0.292. The molecule has 0 spiro atoms. The summed E-state index contributed by atoms with van der Waals surface area (Å²) in [6, 6.07) is 9.44. The summed E-state index contributed by atoms with van der Waals surface area (Å²) in [6.45, 7) is 4.33. The van der Waals surface area contributed by atoms with Gasteiger partial charge in [-0.15, -0.1) is 5.10 Å². The van der Waals surface area contributed by atoms with Crippen LogP contribution < -0.4 is 4.74 Å². The van der Waals surface area contributed by atoms with Gasteiger partial charge in [-0.05, 0) is 24.5 Å². The maximum atomic E-state index is 9.47. The molecule has 21 heavy (non-hydrogen) atoms. The first-order valence-corrected chi connectivity index (χ1v) is 7.01. The standard InChI is InChI=1S/C14H20BN3O3/c1-11(2)8-14(15(19)20)18-9-12(16-17-18)10-21-13-6-4-3-5-7-13/h3-7,9,11,14,19-20H,8,10H2,1-2H3. The largest absolute Gasteiger partial charge is 0.487 e. The van der Waals surface area contributed by atoms with Gasteiger partial charge in [-0.1, -0.05) is 37.3 Å². The summed E-state index contributed by atoms with van der Waals surface area (Å²) in [5.74, 6) is 0.584. The smallest absolute Gasteiger partial charge is 0.477 e. The molecule has 1 heterocycles. The third-order valence-electron chi connectivity index (χ3n) is 3.08. The Balaban J connectivity index is 1.99. The van der Waals surface area contributed by atoms with Crippen molar-refractivity contribution in [2.45, 2.75) is 32.8 Å². The fraction of sp³-hybridized carbons (Fsp3) is 0.429. The second-order valence-electron chi connectivity index (χ2n) is 5.40. The van der Waals surface area contributed by atoms with Crippen LogP contribution in [0.3, 0.4) is 0 Å². The van der Waals surface area contributed by atoms with Crippen molar-refractivity contribution in [3.05, 3.63) is 42.2 Å². The molecule has 0 aliphatic heterocycles. The molecule has 2 aromatic rings. The number of benzene rings is 1. The Kier molecular flexibility index (Phi) is 5.35. The number of rotatable bonds is 7. The molecule has 7 heteroatoms. The highest BCUT2D eigenvalue weighted by Crippen LogP contribution is 2.18. The van der Waals surface area contributed by atoms with Gasteiger partial charge in [0, 0.05) is 0 Å². The average Bonchev–Trinajstić information content (AvgIpc) is 2.92. The van der Waals surface area contributed by atoms with Crippen LogP contribution in [0, 0.1) is 5.92 Å². The molecule has 6 nitrogen and oxygen atoms in total. The first-order chi connectivity index (χ1) is 10.1. The molecular formula is C14H20BN3O3. The third kappa shape index (κ3) is 4.58. The van der Waals surface area contributed by atoms with Crippen molar-refractivity contribution >= 4 is 7.12 Å². The molecule has 0 amide bonds. The zero-order valence-electron chi connectivity index (χ0n) is 12.3. The molecular weight excluding hydrogens is 269 g/mol.